The van der Waals surface area contributed by atoms with Crippen molar-refractivity contribution in [2.45, 2.75) is 31.8 Å². The molecule has 1 unspecified atom stereocenters. The molecule has 0 bridgehead atoms. The van der Waals surface area contributed by atoms with Crippen molar-refractivity contribution in [1.82, 2.24) is 15.5 Å². The topological polar surface area (TPSA) is 66.9 Å². The van der Waals surface area contributed by atoms with Gasteiger partial charge in [0.1, 0.15) is 6.04 Å². The van der Waals surface area contributed by atoms with Gasteiger partial charge >= 0.3 is 0 Å². The van der Waals surface area contributed by atoms with Crippen molar-refractivity contribution < 1.29 is 4.79 Å². The molecular formula is C10H12Cl2N4O. The van der Waals surface area contributed by atoms with Gasteiger partial charge in [0.05, 0.1) is 5.69 Å². The molecule has 1 aromatic heterocycles. The van der Waals surface area contributed by atoms with E-state index in [4.69, 9.17) is 23.2 Å². The van der Waals surface area contributed by atoms with Crippen LogP contribution >= 0.6 is 23.2 Å². The van der Waals surface area contributed by atoms with Crippen LogP contribution in [0.25, 0.3) is 0 Å². The van der Waals surface area contributed by atoms with Gasteiger partial charge in [-0.2, -0.15) is 0 Å². The maximum atomic E-state index is 11.7. The van der Waals surface area contributed by atoms with E-state index in [1.807, 2.05) is 0 Å². The van der Waals surface area contributed by atoms with Crippen LogP contribution in [0.2, 0.25) is 10.3 Å². The molecule has 2 N–H and O–H groups in total. The molecule has 7 heteroatoms. The zero-order valence-corrected chi connectivity index (χ0v) is 10.7. The Labute approximate surface area is 109 Å². The van der Waals surface area contributed by atoms with Crippen molar-refractivity contribution in [2.75, 3.05) is 5.32 Å². The van der Waals surface area contributed by atoms with E-state index < -0.39 is 6.04 Å². The average Bonchev–Trinajstić information content (AvgIpc) is 3.07. The highest BCUT2D eigenvalue weighted by Gasteiger charge is 2.25. The lowest BCUT2D eigenvalue weighted by atomic mass is 10.3. The van der Waals surface area contributed by atoms with Crippen molar-refractivity contribution in [2.24, 2.45) is 0 Å². The summed E-state index contributed by atoms with van der Waals surface area (Å²) in [5, 5.41) is 13.5. The molecule has 92 valence electrons. The van der Waals surface area contributed by atoms with Crippen LogP contribution < -0.4 is 10.6 Å². The van der Waals surface area contributed by atoms with E-state index in [1.165, 1.54) is 6.07 Å². The summed E-state index contributed by atoms with van der Waals surface area (Å²) in [6.07, 6.45) is 2.11. The van der Waals surface area contributed by atoms with Crippen LogP contribution in [0.4, 0.5) is 5.69 Å². The maximum absolute atomic E-state index is 11.7. The van der Waals surface area contributed by atoms with E-state index in [0.717, 1.165) is 12.8 Å². The molecule has 0 aliphatic heterocycles. The monoisotopic (exact) mass is 274 g/mol. The molecule has 1 aromatic rings. The standard InChI is InChI=1S/C10H12Cl2N4O/c1-5(10(17)14-6-2-3-6)13-7-4-8(11)15-16-9(7)12/h4-6H,2-3H2,1H3,(H,13,15)(H,14,17). The summed E-state index contributed by atoms with van der Waals surface area (Å²) in [7, 11) is 0. The van der Waals surface area contributed by atoms with Crippen LogP contribution in [-0.4, -0.2) is 28.2 Å². The number of carbonyl (C=O) groups is 1. The summed E-state index contributed by atoms with van der Waals surface area (Å²) in [5.41, 5.74) is 0.505. The van der Waals surface area contributed by atoms with Gasteiger partial charge in [-0.25, -0.2) is 0 Å². The number of hydrogen-bond donors (Lipinski definition) is 2. The SMILES string of the molecule is CC(Nc1cc(Cl)nnc1Cl)C(=O)NC1CC1. The molecule has 2 rings (SSSR count). The summed E-state index contributed by atoms with van der Waals surface area (Å²) < 4.78 is 0. The zero-order chi connectivity index (χ0) is 12.4. The van der Waals surface area contributed by atoms with Gasteiger partial charge in [0.25, 0.3) is 0 Å². The van der Waals surface area contributed by atoms with Crippen LogP contribution in [0, 0.1) is 0 Å². The highest BCUT2D eigenvalue weighted by atomic mass is 35.5. The Morgan fingerprint density at radius 3 is 2.82 bits per heavy atom. The first-order chi connectivity index (χ1) is 8.06. The van der Waals surface area contributed by atoms with Gasteiger partial charge < -0.3 is 10.6 Å². The number of hydrogen-bond acceptors (Lipinski definition) is 4. The summed E-state index contributed by atoms with van der Waals surface area (Å²) in [5.74, 6) is -0.0588. The predicted molar refractivity (Wildman–Crippen MR) is 66.3 cm³/mol. The van der Waals surface area contributed by atoms with Crippen LogP contribution in [-0.2, 0) is 4.79 Å². The first-order valence-corrected chi connectivity index (χ1v) is 6.07. The lowest BCUT2D eigenvalue weighted by Gasteiger charge is -2.15. The smallest absolute Gasteiger partial charge is 0.242 e. The Hall–Kier alpha value is -1.07. The molecule has 0 spiro atoms. The van der Waals surface area contributed by atoms with Gasteiger partial charge in [-0.15, -0.1) is 10.2 Å². The summed E-state index contributed by atoms with van der Waals surface area (Å²) in [6.45, 7) is 1.75. The number of anilines is 1. The number of nitrogens with zero attached hydrogens (tertiary/aromatic N) is 2. The van der Waals surface area contributed by atoms with Crippen LogP contribution in [0.5, 0.6) is 0 Å². The molecule has 1 aliphatic rings. The number of aromatic nitrogens is 2. The third-order valence-electron chi connectivity index (χ3n) is 2.41. The highest BCUT2D eigenvalue weighted by molar-refractivity contribution is 6.33. The minimum Gasteiger partial charge on any atom is -0.371 e. The van der Waals surface area contributed by atoms with E-state index >= 15 is 0 Å². The number of nitrogens with one attached hydrogen (secondary N) is 2. The normalized spacial score (nSPS) is 16.4. The van der Waals surface area contributed by atoms with Crippen molar-refractivity contribution in [3.8, 4) is 0 Å². The Balaban J connectivity index is 1.98. The average molecular weight is 275 g/mol. The largest absolute Gasteiger partial charge is 0.371 e. The molecule has 1 fully saturated rings. The van der Waals surface area contributed by atoms with E-state index in [9.17, 15) is 4.79 Å². The lowest BCUT2D eigenvalue weighted by Crippen LogP contribution is -2.38. The Kier molecular flexibility index (Phi) is 3.69. The molecule has 0 saturated heterocycles. The Morgan fingerprint density at radius 1 is 1.47 bits per heavy atom. The number of halogens is 2. The van der Waals surface area contributed by atoms with Crippen LogP contribution in [0.1, 0.15) is 19.8 Å². The fourth-order valence-corrected chi connectivity index (χ4v) is 1.60. The Morgan fingerprint density at radius 2 is 2.18 bits per heavy atom. The quantitative estimate of drug-likeness (QED) is 0.880. The third kappa shape index (κ3) is 3.44. The molecular weight excluding hydrogens is 263 g/mol. The second-order valence-corrected chi connectivity index (χ2v) is 4.77. The molecule has 1 amide bonds. The van der Waals surface area contributed by atoms with E-state index in [-0.39, 0.29) is 16.2 Å². The van der Waals surface area contributed by atoms with Crippen LogP contribution in [0.3, 0.4) is 0 Å². The lowest BCUT2D eigenvalue weighted by molar-refractivity contribution is -0.121. The molecule has 1 aliphatic carbocycles. The minimum atomic E-state index is -0.395. The molecule has 0 aromatic carbocycles. The second-order valence-electron chi connectivity index (χ2n) is 4.02. The fraction of sp³-hybridized carbons (Fsp3) is 0.500. The molecule has 1 heterocycles. The number of rotatable bonds is 4. The zero-order valence-electron chi connectivity index (χ0n) is 9.20. The highest BCUT2D eigenvalue weighted by Crippen LogP contribution is 2.22. The van der Waals surface area contributed by atoms with Gasteiger partial charge in [0.15, 0.2) is 10.3 Å². The summed E-state index contributed by atoms with van der Waals surface area (Å²) in [4.78, 5) is 11.7. The van der Waals surface area contributed by atoms with Crippen molar-refractivity contribution in [3.05, 3.63) is 16.4 Å². The first-order valence-electron chi connectivity index (χ1n) is 5.32. The van der Waals surface area contributed by atoms with Crippen molar-refractivity contribution in [3.63, 3.8) is 0 Å². The van der Waals surface area contributed by atoms with Crippen molar-refractivity contribution in [1.29, 1.82) is 0 Å². The van der Waals surface area contributed by atoms with Crippen molar-refractivity contribution >= 4 is 34.8 Å². The second kappa shape index (κ2) is 5.06. The van der Waals surface area contributed by atoms with E-state index in [0.29, 0.717) is 11.7 Å². The first kappa shape index (κ1) is 12.4. The molecule has 5 nitrogen and oxygen atoms in total. The Bertz CT molecular complexity index is 436. The van der Waals surface area contributed by atoms with Gasteiger partial charge in [0, 0.05) is 12.1 Å². The van der Waals surface area contributed by atoms with Gasteiger partial charge in [0.2, 0.25) is 5.91 Å². The summed E-state index contributed by atoms with van der Waals surface area (Å²) >= 11 is 11.5. The maximum Gasteiger partial charge on any atom is 0.242 e. The predicted octanol–water partition coefficient (Wildman–Crippen LogP) is 1.86. The number of amides is 1. The molecule has 1 saturated carbocycles. The third-order valence-corrected chi connectivity index (χ3v) is 2.87. The number of carbonyl (C=O) groups excluding carboxylic acids is 1. The molecule has 1 atom stereocenters. The van der Waals surface area contributed by atoms with Crippen LogP contribution in [0.15, 0.2) is 6.07 Å². The van der Waals surface area contributed by atoms with E-state index in [2.05, 4.69) is 20.8 Å². The molecule has 0 radical (unpaired) electrons. The molecule has 17 heavy (non-hydrogen) atoms. The minimum absolute atomic E-state index is 0.0588. The van der Waals surface area contributed by atoms with Gasteiger partial charge in [-0.05, 0) is 19.8 Å². The van der Waals surface area contributed by atoms with Gasteiger partial charge in [-0.3, -0.25) is 4.79 Å². The van der Waals surface area contributed by atoms with Gasteiger partial charge in [-0.1, -0.05) is 23.2 Å². The van der Waals surface area contributed by atoms with E-state index in [1.54, 1.807) is 6.92 Å². The summed E-state index contributed by atoms with van der Waals surface area (Å²) in [6, 6.07) is 1.48. The fourth-order valence-electron chi connectivity index (χ4n) is 1.31.